The van der Waals surface area contributed by atoms with E-state index in [1.54, 1.807) is 0 Å². The fraction of sp³-hybridized carbons (Fsp3) is 0.333. The lowest BCUT2D eigenvalue weighted by atomic mass is 10.3. The highest BCUT2D eigenvalue weighted by Crippen LogP contribution is 2.16. The van der Waals surface area contributed by atoms with Crippen molar-refractivity contribution >= 4 is 23.6 Å². The molecule has 0 aromatic heterocycles. The van der Waals surface area contributed by atoms with Crippen molar-refractivity contribution in [2.24, 2.45) is 0 Å². The number of ether oxygens (including phenoxy) is 1. The van der Waals surface area contributed by atoms with Crippen LogP contribution in [-0.2, 0) is 14.3 Å². The molecule has 0 spiro atoms. The molecule has 98 valence electrons. The van der Waals surface area contributed by atoms with Gasteiger partial charge in [0.1, 0.15) is 0 Å². The molecule has 1 atom stereocenters. The maximum atomic E-state index is 11.5. The Bertz CT molecular complexity index is 396. The lowest BCUT2D eigenvalue weighted by molar-refractivity contribution is -0.148. The summed E-state index contributed by atoms with van der Waals surface area (Å²) in [7, 11) is 1.30. The summed E-state index contributed by atoms with van der Waals surface area (Å²) in [5.74, 6) is -1.05. The van der Waals surface area contributed by atoms with Crippen molar-refractivity contribution in [2.45, 2.75) is 11.0 Å². The quantitative estimate of drug-likeness (QED) is 0.722. The van der Waals surface area contributed by atoms with Crippen LogP contribution in [0.3, 0.4) is 0 Å². The maximum Gasteiger partial charge on any atom is 0.334 e. The van der Waals surface area contributed by atoms with Gasteiger partial charge in [-0.1, -0.05) is 18.2 Å². The van der Waals surface area contributed by atoms with E-state index >= 15 is 0 Å². The molecule has 18 heavy (non-hydrogen) atoms. The first-order chi connectivity index (χ1) is 8.63. The van der Waals surface area contributed by atoms with Gasteiger partial charge in [0.15, 0.2) is 6.10 Å². The first-order valence-corrected chi connectivity index (χ1v) is 6.32. The lowest BCUT2D eigenvalue weighted by Crippen LogP contribution is -2.38. The molecule has 1 amide bonds. The highest BCUT2D eigenvalue weighted by atomic mass is 32.2. The number of benzene rings is 1. The van der Waals surface area contributed by atoms with Gasteiger partial charge < -0.3 is 15.2 Å². The number of carboxylic acids is 1. The van der Waals surface area contributed by atoms with E-state index in [0.29, 0.717) is 0 Å². The molecule has 0 aliphatic rings. The summed E-state index contributed by atoms with van der Waals surface area (Å²) in [5.41, 5.74) is 0. The van der Waals surface area contributed by atoms with E-state index in [0.717, 1.165) is 4.90 Å². The van der Waals surface area contributed by atoms with E-state index < -0.39 is 12.1 Å². The molecule has 0 aliphatic carbocycles. The number of amides is 1. The number of carboxylic acid groups (broad SMARTS) is 1. The minimum atomic E-state index is -1.09. The summed E-state index contributed by atoms with van der Waals surface area (Å²) in [6.07, 6.45) is -1.00. The smallest absolute Gasteiger partial charge is 0.334 e. The largest absolute Gasteiger partial charge is 0.479 e. The van der Waals surface area contributed by atoms with Gasteiger partial charge in [-0.25, -0.2) is 4.79 Å². The number of thioether (sulfide) groups is 1. The fourth-order valence-corrected chi connectivity index (χ4v) is 1.94. The zero-order chi connectivity index (χ0) is 13.4. The minimum absolute atomic E-state index is 0.0278. The van der Waals surface area contributed by atoms with Crippen LogP contribution < -0.4 is 5.32 Å². The summed E-state index contributed by atoms with van der Waals surface area (Å²) in [6.45, 7) is -0.0278. The van der Waals surface area contributed by atoms with Crippen molar-refractivity contribution in [1.29, 1.82) is 0 Å². The van der Waals surface area contributed by atoms with Crippen molar-refractivity contribution in [3.8, 4) is 0 Å². The molecule has 6 heteroatoms. The maximum absolute atomic E-state index is 11.5. The molecule has 1 rings (SSSR count). The third-order valence-electron chi connectivity index (χ3n) is 2.16. The molecule has 0 saturated carbocycles. The summed E-state index contributed by atoms with van der Waals surface area (Å²) < 4.78 is 4.70. The topological polar surface area (TPSA) is 75.6 Å². The third kappa shape index (κ3) is 5.20. The van der Waals surface area contributed by atoms with Crippen molar-refractivity contribution in [1.82, 2.24) is 5.32 Å². The monoisotopic (exact) mass is 269 g/mol. The number of carbonyl (C=O) groups is 2. The van der Waals surface area contributed by atoms with Gasteiger partial charge in [0, 0.05) is 12.0 Å². The van der Waals surface area contributed by atoms with E-state index in [-0.39, 0.29) is 18.2 Å². The number of hydrogen-bond donors (Lipinski definition) is 2. The predicted octanol–water partition coefficient (Wildman–Crippen LogP) is 0.995. The minimum Gasteiger partial charge on any atom is -0.479 e. The molecule has 1 aromatic carbocycles. The summed E-state index contributed by atoms with van der Waals surface area (Å²) in [5, 5.41) is 11.2. The first-order valence-electron chi connectivity index (χ1n) is 5.33. The Morgan fingerprint density at radius 1 is 1.39 bits per heavy atom. The third-order valence-corrected chi connectivity index (χ3v) is 3.17. The highest BCUT2D eigenvalue weighted by Gasteiger charge is 2.16. The number of rotatable bonds is 7. The number of nitrogens with one attached hydrogen (secondary N) is 1. The Hall–Kier alpha value is -1.53. The molecule has 0 aliphatic heterocycles. The Labute approximate surface area is 110 Å². The Kier molecular flexibility index (Phi) is 6.24. The molecule has 0 heterocycles. The summed E-state index contributed by atoms with van der Waals surface area (Å²) in [4.78, 5) is 23.1. The first kappa shape index (κ1) is 14.5. The number of hydrogen-bond acceptors (Lipinski definition) is 4. The number of carbonyl (C=O) groups excluding carboxylic acids is 1. The summed E-state index contributed by atoms with van der Waals surface area (Å²) >= 11 is 1.40. The number of methoxy groups -OCH3 is 1. The van der Waals surface area contributed by atoms with Crippen LogP contribution in [0.5, 0.6) is 0 Å². The molecule has 1 aromatic rings. The second-order valence-electron chi connectivity index (χ2n) is 3.47. The summed E-state index contributed by atoms with van der Waals surface area (Å²) in [6, 6.07) is 9.51. The highest BCUT2D eigenvalue weighted by molar-refractivity contribution is 8.00. The van der Waals surface area contributed by atoms with E-state index in [1.165, 1.54) is 18.9 Å². The van der Waals surface area contributed by atoms with Crippen LogP contribution in [0.1, 0.15) is 0 Å². The van der Waals surface area contributed by atoms with Crippen molar-refractivity contribution in [2.75, 3.05) is 19.4 Å². The van der Waals surface area contributed by atoms with Crippen LogP contribution in [0.15, 0.2) is 35.2 Å². The van der Waals surface area contributed by atoms with Gasteiger partial charge in [-0.3, -0.25) is 4.79 Å². The van der Waals surface area contributed by atoms with Crippen molar-refractivity contribution < 1.29 is 19.4 Å². The second-order valence-corrected chi connectivity index (χ2v) is 4.52. The van der Waals surface area contributed by atoms with Gasteiger partial charge in [-0.2, -0.15) is 0 Å². The Balaban J connectivity index is 2.28. The van der Waals surface area contributed by atoms with Gasteiger partial charge >= 0.3 is 5.97 Å². The van der Waals surface area contributed by atoms with Crippen molar-refractivity contribution in [3.63, 3.8) is 0 Å². The SMILES string of the molecule is COC(CNC(=O)CSc1ccccc1)C(=O)O. The van der Waals surface area contributed by atoms with E-state index in [9.17, 15) is 9.59 Å². The molecule has 0 saturated heterocycles. The average molecular weight is 269 g/mol. The van der Waals surface area contributed by atoms with Crippen molar-refractivity contribution in [3.05, 3.63) is 30.3 Å². The zero-order valence-corrected chi connectivity index (χ0v) is 10.8. The predicted molar refractivity (Wildman–Crippen MR) is 68.6 cm³/mol. The van der Waals surface area contributed by atoms with Gasteiger partial charge in [0.25, 0.3) is 0 Å². The second kappa shape index (κ2) is 7.73. The van der Waals surface area contributed by atoms with E-state index in [2.05, 4.69) is 5.32 Å². The Morgan fingerprint density at radius 2 is 2.06 bits per heavy atom. The van der Waals surface area contributed by atoms with Crippen LogP contribution in [0.2, 0.25) is 0 Å². The molecule has 2 N–H and O–H groups in total. The van der Waals surface area contributed by atoms with Crippen LogP contribution in [0.4, 0.5) is 0 Å². The molecule has 5 nitrogen and oxygen atoms in total. The van der Waals surface area contributed by atoms with Crippen LogP contribution in [-0.4, -0.2) is 42.5 Å². The van der Waals surface area contributed by atoms with Gasteiger partial charge in [0.2, 0.25) is 5.91 Å². The van der Waals surface area contributed by atoms with Crippen LogP contribution >= 0.6 is 11.8 Å². The molecule has 0 fully saturated rings. The van der Waals surface area contributed by atoms with E-state index in [1.807, 2.05) is 30.3 Å². The number of aliphatic carboxylic acids is 1. The molecule has 0 radical (unpaired) electrons. The van der Waals surface area contributed by atoms with Gasteiger partial charge in [-0.15, -0.1) is 11.8 Å². The standard InChI is InChI=1S/C12H15NO4S/c1-17-10(12(15)16)7-13-11(14)8-18-9-5-3-2-4-6-9/h2-6,10H,7-8H2,1H3,(H,13,14)(H,15,16). The van der Waals surface area contributed by atoms with Gasteiger partial charge in [-0.05, 0) is 12.1 Å². The normalized spacial score (nSPS) is 11.8. The van der Waals surface area contributed by atoms with Crippen LogP contribution in [0.25, 0.3) is 0 Å². The molecular weight excluding hydrogens is 254 g/mol. The van der Waals surface area contributed by atoms with Gasteiger partial charge in [0.05, 0.1) is 12.3 Å². The Morgan fingerprint density at radius 3 is 2.61 bits per heavy atom. The molecular formula is C12H15NO4S. The average Bonchev–Trinajstić information content (AvgIpc) is 2.38. The zero-order valence-electron chi connectivity index (χ0n) is 9.96. The molecule has 1 unspecified atom stereocenters. The molecule has 0 bridgehead atoms. The lowest BCUT2D eigenvalue weighted by Gasteiger charge is -2.11. The van der Waals surface area contributed by atoms with E-state index in [4.69, 9.17) is 9.84 Å². The fourth-order valence-electron chi connectivity index (χ4n) is 1.19. The van der Waals surface area contributed by atoms with Crippen LogP contribution in [0, 0.1) is 0 Å².